The maximum Gasteiger partial charge on any atom is 0.331 e. The van der Waals surface area contributed by atoms with E-state index in [9.17, 15) is 4.79 Å². The van der Waals surface area contributed by atoms with Crippen LogP contribution in [0.15, 0.2) is 36.4 Å². The normalized spacial score (nSPS) is 19.3. The molecule has 0 amide bonds. The van der Waals surface area contributed by atoms with E-state index < -0.39 is 5.97 Å². The highest BCUT2D eigenvalue weighted by molar-refractivity contribution is 5.87. The molecule has 1 aliphatic rings. The predicted molar refractivity (Wildman–Crippen MR) is 58.9 cm³/mol. The molecule has 2 rings (SSSR count). The molecule has 0 radical (unpaired) electrons. The number of carbonyl (C=O) groups is 1. The van der Waals surface area contributed by atoms with Crippen LogP contribution in [-0.4, -0.2) is 11.1 Å². The zero-order valence-electron chi connectivity index (χ0n) is 8.57. The smallest absolute Gasteiger partial charge is 0.331 e. The lowest BCUT2D eigenvalue weighted by Crippen LogP contribution is -2.15. The molecule has 1 aromatic rings. The summed E-state index contributed by atoms with van der Waals surface area (Å²) in [6.45, 7) is 3.68. The minimum Gasteiger partial charge on any atom is -0.478 e. The number of rotatable bonds is 2. The van der Waals surface area contributed by atoms with Crippen molar-refractivity contribution in [2.45, 2.75) is 25.2 Å². The maximum atomic E-state index is 10.9. The summed E-state index contributed by atoms with van der Waals surface area (Å²) in [5, 5.41) is 8.96. The molecule has 0 aromatic heterocycles. The molecule has 2 nitrogen and oxygen atoms in total. The second-order valence-corrected chi connectivity index (χ2v) is 3.97. The first-order valence-electron chi connectivity index (χ1n) is 5.20. The molecule has 78 valence electrons. The van der Waals surface area contributed by atoms with Crippen molar-refractivity contribution in [2.24, 2.45) is 0 Å². The van der Waals surface area contributed by atoms with Crippen molar-refractivity contribution in [2.75, 3.05) is 0 Å². The third-order valence-corrected chi connectivity index (χ3v) is 3.06. The molecular weight excluding hydrogens is 188 g/mol. The first-order chi connectivity index (χ1) is 7.20. The summed E-state index contributed by atoms with van der Waals surface area (Å²) in [4.78, 5) is 10.9. The Morgan fingerprint density at radius 3 is 2.87 bits per heavy atom. The minimum absolute atomic E-state index is 0.00690. The van der Waals surface area contributed by atoms with Gasteiger partial charge in [0.05, 0.1) is 0 Å². The quantitative estimate of drug-likeness (QED) is 0.749. The summed E-state index contributed by atoms with van der Waals surface area (Å²) >= 11 is 0. The Bertz CT molecular complexity index is 407. The van der Waals surface area contributed by atoms with Crippen LogP contribution in [0.3, 0.4) is 0 Å². The molecule has 0 spiro atoms. The van der Waals surface area contributed by atoms with Gasteiger partial charge in [-0.15, -0.1) is 0 Å². The van der Waals surface area contributed by atoms with Gasteiger partial charge in [-0.3, -0.25) is 0 Å². The van der Waals surface area contributed by atoms with Gasteiger partial charge in [0.2, 0.25) is 0 Å². The SMILES string of the molecule is C=C(C(=O)O)[C@@H]1CCCc2ccccc21. The van der Waals surface area contributed by atoms with Gasteiger partial charge < -0.3 is 5.11 Å². The van der Waals surface area contributed by atoms with Crippen molar-refractivity contribution in [3.63, 3.8) is 0 Å². The third-order valence-electron chi connectivity index (χ3n) is 3.06. The Morgan fingerprint density at radius 2 is 2.13 bits per heavy atom. The van der Waals surface area contributed by atoms with Crippen LogP contribution < -0.4 is 0 Å². The molecule has 0 aliphatic heterocycles. The van der Waals surface area contributed by atoms with Crippen molar-refractivity contribution in [3.05, 3.63) is 47.5 Å². The molecule has 1 aromatic carbocycles. The number of hydrogen-bond acceptors (Lipinski definition) is 1. The van der Waals surface area contributed by atoms with Gasteiger partial charge in [0.1, 0.15) is 0 Å². The molecule has 0 unspecified atom stereocenters. The van der Waals surface area contributed by atoms with Crippen molar-refractivity contribution < 1.29 is 9.90 Å². The van der Waals surface area contributed by atoms with E-state index in [0.29, 0.717) is 5.57 Å². The Hall–Kier alpha value is -1.57. The molecule has 0 bridgehead atoms. The van der Waals surface area contributed by atoms with Crippen LogP contribution >= 0.6 is 0 Å². The van der Waals surface area contributed by atoms with E-state index in [1.165, 1.54) is 5.56 Å². The first-order valence-corrected chi connectivity index (χ1v) is 5.20. The largest absolute Gasteiger partial charge is 0.478 e. The molecule has 1 aliphatic carbocycles. The summed E-state index contributed by atoms with van der Waals surface area (Å²) < 4.78 is 0. The molecule has 2 heteroatoms. The van der Waals surface area contributed by atoms with Crippen LogP contribution in [0.25, 0.3) is 0 Å². The van der Waals surface area contributed by atoms with Crippen LogP contribution in [0.1, 0.15) is 29.9 Å². The van der Waals surface area contributed by atoms with Gasteiger partial charge >= 0.3 is 5.97 Å². The molecule has 0 saturated carbocycles. The number of benzene rings is 1. The van der Waals surface area contributed by atoms with Crippen molar-refractivity contribution in [1.82, 2.24) is 0 Å². The van der Waals surface area contributed by atoms with Crippen LogP contribution in [0.2, 0.25) is 0 Å². The molecule has 1 N–H and O–H groups in total. The zero-order valence-corrected chi connectivity index (χ0v) is 8.57. The second kappa shape index (κ2) is 3.89. The second-order valence-electron chi connectivity index (χ2n) is 3.97. The number of fused-ring (bicyclic) bond motifs is 1. The van der Waals surface area contributed by atoms with Gasteiger partial charge in [-0.25, -0.2) is 4.79 Å². The van der Waals surface area contributed by atoms with Crippen molar-refractivity contribution in [1.29, 1.82) is 0 Å². The van der Waals surface area contributed by atoms with Gasteiger partial charge in [-0.05, 0) is 30.4 Å². The van der Waals surface area contributed by atoms with E-state index in [1.54, 1.807) is 0 Å². The molecule has 0 heterocycles. The Morgan fingerprint density at radius 1 is 1.40 bits per heavy atom. The minimum atomic E-state index is -0.878. The monoisotopic (exact) mass is 202 g/mol. The summed E-state index contributed by atoms with van der Waals surface area (Å²) in [6.07, 6.45) is 3.01. The van der Waals surface area contributed by atoms with E-state index in [2.05, 4.69) is 12.6 Å². The molecular formula is C13H14O2. The van der Waals surface area contributed by atoms with E-state index in [1.807, 2.05) is 18.2 Å². The average molecular weight is 202 g/mol. The summed E-state index contributed by atoms with van der Waals surface area (Å²) in [5.74, 6) is -0.871. The number of aliphatic carboxylic acids is 1. The number of hydrogen-bond donors (Lipinski definition) is 1. The van der Waals surface area contributed by atoms with Crippen LogP contribution in [0.5, 0.6) is 0 Å². The highest BCUT2D eigenvalue weighted by atomic mass is 16.4. The van der Waals surface area contributed by atoms with Gasteiger partial charge in [-0.2, -0.15) is 0 Å². The summed E-state index contributed by atoms with van der Waals surface area (Å²) in [7, 11) is 0. The lowest BCUT2D eigenvalue weighted by atomic mass is 9.79. The Labute approximate surface area is 89.2 Å². The standard InChI is InChI=1S/C13H14O2/c1-9(13(14)15)11-8-4-6-10-5-2-3-7-12(10)11/h2-3,5,7,11H,1,4,6,8H2,(H,14,15)/t11-/m0/s1. The first kappa shape index (κ1) is 9.97. The summed E-state index contributed by atoms with van der Waals surface area (Å²) in [5.41, 5.74) is 2.74. The predicted octanol–water partition coefficient (Wildman–Crippen LogP) is 2.75. The van der Waals surface area contributed by atoms with Crippen LogP contribution in [0, 0.1) is 0 Å². The lowest BCUT2D eigenvalue weighted by Gasteiger charge is -2.25. The molecule has 15 heavy (non-hydrogen) atoms. The fraction of sp³-hybridized carbons (Fsp3) is 0.308. The summed E-state index contributed by atoms with van der Waals surface area (Å²) in [6, 6.07) is 8.07. The molecule has 0 fully saturated rings. The highest BCUT2D eigenvalue weighted by Crippen LogP contribution is 2.35. The maximum absolute atomic E-state index is 10.9. The highest BCUT2D eigenvalue weighted by Gasteiger charge is 2.25. The topological polar surface area (TPSA) is 37.3 Å². The average Bonchev–Trinajstić information content (AvgIpc) is 2.27. The van der Waals surface area contributed by atoms with E-state index >= 15 is 0 Å². The number of carboxylic acids is 1. The van der Waals surface area contributed by atoms with Gasteiger partial charge in [0.25, 0.3) is 0 Å². The van der Waals surface area contributed by atoms with Crippen LogP contribution in [-0.2, 0) is 11.2 Å². The van der Waals surface area contributed by atoms with Gasteiger partial charge in [0, 0.05) is 11.5 Å². The Balaban J connectivity index is 2.38. The van der Waals surface area contributed by atoms with E-state index in [4.69, 9.17) is 5.11 Å². The fourth-order valence-electron chi connectivity index (χ4n) is 2.26. The fourth-order valence-corrected chi connectivity index (χ4v) is 2.26. The van der Waals surface area contributed by atoms with Crippen molar-refractivity contribution >= 4 is 5.97 Å². The Kier molecular flexibility index (Phi) is 2.58. The molecule has 1 atom stereocenters. The number of aryl methyl sites for hydroxylation is 1. The lowest BCUT2D eigenvalue weighted by molar-refractivity contribution is -0.133. The number of carboxylic acid groups (broad SMARTS) is 1. The zero-order chi connectivity index (χ0) is 10.8. The molecule has 0 saturated heterocycles. The van der Waals surface area contributed by atoms with E-state index in [-0.39, 0.29) is 5.92 Å². The van der Waals surface area contributed by atoms with Gasteiger partial charge in [0.15, 0.2) is 0 Å². The van der Waals surface area contributed by atoms with Gasteiger partial charge in [-0.1, -0.05) is 30.8 Å². The van der Waals surface area contributed by atoms with Crippen molar-refractivity contribution in [3.8, 4) is 0 Å². The van der Waals surface area contributed by atoms with Crippen LogP contribution in [0.4, 0.5) is 0 Å². The van der Waals surface area contributed by atoms with E-state index in [0.717, 1.165) is 24.8 Å². The third kappa shape index (κ3) is 1.80.